The first kappa shape index (κ1) is 20.3. The highest BCUT2D eigenvalue weighted by atomic mass is 16.5. The van der Waals surface area contributed by atoms with Gasteiger partial charge in [-0.25, -0.2) is 9.97 Å². The first-order valence-electron chi connectivity index (χ1n) is 10.7. The van der Waals surface area contributed by atoms with Gasteiger partial charge in [0.2, 0.25) is 5.75 Å². The number of fused-ring (bicyclic) bond motifs is 1. The molecule has 0 unspecified atom stereocenters. The van der Waals surface area contributed by atoms with Crippen LogP contribution < -0.4 is 19.1 Å². The molecule has 2 aliphatic rings. The van der Waals surface area contributed by atoms with Crippen molar-refractivity contribution in [2.75, 3.05) is 32.2 Å². The number of hydrogen-bond acceptors (Lipinski definition) is 7. The van der Waals surface area contributed by atoms with Crippen molar-refractivity contribution in [2.24, 2.45) is 0 Å². The maximum Gasteiger partial charge on any atom is 0.204 e. The van der Waals surface area contributed by atoms with Gasteiger partial charge in [-0.1, -0.05) is 30.3 Å². The van der Waals surface area contributed by atoms with Crippen LogP contribution >= 0.6 is 0 Å². The van der Waals surface area contributed by atoms with Gasteiger partial charge in [0.05, 0.1) is 31.9 Å². The zero-order chi connectivity index (χ0) is 22.1. The number of piperidine rings is 1. The van der Waals surface area contributed by atoms with Gasteiger partial charge in [0.1, 0.15) is 17.7 Å². The fraction of sp³-hybridized carbons (Fsp3) is 0.320. The lowest BCUT2D eigenvalue weighted by molar-refractivity contribution is 0.0207. The smallest absolute Gasteiger partial charge is 0.204 e. The van der Waals surface area contributed by atoms with Crippen LogP contribution in [-0.2, 0) is 0 Å². The third-order valence-electron chi connectivity index (χ3n) is 6.32. The molecule has 1 fully saturated rings. The number of anilines is 1. The number of ether oxygens (including phenoxy) is 3. The molecule has 0 atom stereocenters. The zero-order valence-corrected chi connectivity index (χ0v) is 18.2. The van der Waals surface area contributed by atoms with E-state index in [4.69, 9.17) is 14.2 Å². The molecule has 0 bridgehead atoms. The van der Waals surface area contributed by atoms with E-state index in [-0.39, 0.29) is 5.78 Å². The van der Waals surface area contributed by atoms with E-state index in [9.17, 15) is 4.79 Å². The van der Waals surface area contributed by atoms with E-state index in [1.54, 1.807) is 32.7 Å². The van der Waals surface area contributed by atoms with Crippen molar-refractivity contribution >= 4 is 11.6 Å². The summed E-state index contributed by atoms with van der Waals surface area (Å²) in [5.41, 5.74) is 1.96. The number of rotatable bonds is 4. The van der Waals surface area contributed by atoms with Gasteiger partial charge in [-0.3, -0.25) is 4.79 Å². The third-order valence-corrected chi connectivity index (χ3v) is 6.32. The molecule has 0 amide bonds. The van der Waals surface area contributed by atoms with Crippen molar-refractivity contribution in [3.05, 3.63) is 60.4 Å². The van der Waals surface area contributed by atoms with E-state index in [1.165, 1.54) is 0 Å². The van der Waals surface area contributed by atoms with Gasteiger partial charge >= 0.3 is 0 Å². The maximum atomic E-state index is 13.0. The second-order valence-electron chi connectivity index (χ2n) is 8.18. The molecule has 3 heterocycles. The van der Waals surface area contributed by atoms with Crippen LogP contribution in [0.1, 0.15) is 29.6 Å². The van der Waals surface area contributed by atoms with E-state index in [0.717, 1.165) is 30.2 Å². The Kier molecular flexibility index (Phi) is 5.17. The molecule has 2 aliphatic heterocycles. The predicted molar refractivity (Wildman–Crippen MR) is 121 cm³/mol. The molecular formula is C25H25N3O4. The topological polar surface area (TPSA) is 73.8 Å². The fourth-order valence-corrected chi connectivity index (χ4v) is 4.57. The van der Waals surface area contributed by atoms with Crippen molar-refractivity contribution in [1.82, 2.24) is 9.97 Å². The average molecular weight is 431 g/mol. The lowest BCUT2D eigenvalue weighted by Crippen LogP contribution is -2.51. The summed E-state index contributed by atoms with van der Waals surface area (Å²) >= 11 is 0. The van der Waals surface area contributed by atoms with Crippen LogP contribution in [0, 0.1) is 0 Å². The molecule has 2 aromatic carbocycles. The monoisotopic (exact) mass is 431 g/mol. The minimum atomic E-state index is -0.546. The van der Waals surface area contributed by atoms with Crippen molar-refractivity contribution in [3.8, 4) is 28.5 Å². The Hall–Kier alpha value is -3.61. The van der Waals surface area contributed by atoms with Crippen LogP contribution in [0.15, 0.2) is 54.9 Å². The SMILES string of the molecule is COc1ccc2c(c1OC)OC1(CCN(c3cc(-c4ccccc4)ncn3)CC1)CC2=O. The summed E-state index contributed by atoms with van der Waals surface area (Å²) in [4.78, 5) is 24.1. The summed E-state index contributed by atoms with van der Waals surface area (Å²) < 4.78 is 17.4. The predicted octanol–water partition coefficient (Wildman–Crippen LogP) is 4.17. The summed E-state index contributed by atoms with van der Waals surface area (Å²) in [6.45, 7) is 1.47. The molecule has 0 aliphatic carbocycles. The summed E-state index contributed by atoms with van der Waals surface area (Å²) in [5, 5.41) is 0. The lowest BCUT2D eigenvalue weighted by atomic mass is 9.82. The number of methoxy groups -OCH3 is 2. The number of aromatic nitrogens is 2. The molecule has 5 rings (SSSR count). The van der Waals surface area contributed by atoms with Crippen LogP contribution in [0.5, 0.6) is 17.2 Å². The summed E-state index contributed by atoms with van der Waals surface area (Å²) in [6.07, 6.45) is 3.39. The molecule has 1 spiro atoms. The Bertz CT molecular complexity index is 1140. The Morgan fingerprint density at radius 1 is 1.00 bits per heavy atom. The highest BCUT2D eigenvalue weighted by molar-refractivity contribution is 6.01. The van der Waals surface area contributed by atoms with Crippen molar-refractivity contribution < 1.29 is 19.0 Å². The van der Waals surface area contributed by atoms with E-state index in [2.05, 4.69) is 14.9 Å². The normalized spacial score (nSPS) is 16.9. The van der Waals surface area contributed by atoms with Crippen LogP contribution in [0.4, 0.5) is 5.82 Å². The Labute approximate surface area is 187 Å². The number of Topliss-reactive ketones (excluding diaryl/α,β-unsaturated/α-hetero) is 1. The van der Waals surface area contributed by atoms with Gasteiger partial charge in [-0.2, -0.15) is 0 Å². The van der Waals surface area contributed by atoms with Crippen LogP contribution in [-0.4, -0.2) is 48.7 Å². The largest absolute Gasteiger partial charge is 0.493 e. The first-order valence-corrected chi connectivity index (χ1v) is 10.7. The molecule has 0 radical (unpaired) electrons. The average Bonchev–Trinajstić information content (AvgIpc) is 2.84. The van der Waals surface area contributed by atoms with Gasteiger partial charge in [-0.05, 0) is 12.1 Å². The number of carbonyl (C=O) groups is 1. The van der Waals surface area contributed by atoms with Crippen molar-refractivity contribution in [1.29, 1.82) is 0 Å². The number of ketones is 1. The molecule has 7 nitrogen and oxygen atoms in total. The Morgan fingerprint density at radius 2 is 1.78 bits per heavy atom. The van der Waals surface area contributed by atoms with E-state index < -0.39 is 5.60 Å². The van der Waals surface area contributed by atoms with Crippen molar-refractivity contribution in [2.45, 2.75) is 24.9 Å². The molecule has 164 valence electrons. The zero-order valence-electron chi connectivity index (χ0n) is 18.2. The second kappa shape index (κ2) is 8.15. The van der Waals surface area contributed by atoms with Gasteiger partial charge in [0.15, 0.2) is 17.3 Å². The van der Waals surface area contributed by atoms with Crippen molar-refractivity contribution in [3.63, 3.8) is 0 Å². The number of nitrogens with zero attached hydrogens (tertiary/aromatic N) is 3. The minimum absolute atomic E-state index is 0.0778. The van der Waals surface area contributed by atoms with Gasteiger partial charge < -0.3 is 19.1 Å². The maximum absolute atomic E-state index is 13.0. The molecular weight excluding hydrogens is 406 g/mol. The molecule has 0 saturated carbocycles. The molecule has 1 aromatic heterocycles. The Morgan fingerprint density at radius 3 is 2.50 bits per heavy atom. The van der Waals surface area contributed by atoms with Gasteiger partial charge in [0.25, 0.3) is 0 Å². The van der Waals surface area contributed by atoms with Gasteiger partial charge in [-0.15, -0.1) is 0 Å². The lowest BCUT2D eigenvalue weighted by Gasteiger charge is -2.44. The van der Waals surface area contributed by atoms with E-state index >= 15 is 0 Å². The molecule has 0 N–H and O–H groups in total. The standard InChI is InChI=1S/C25H25N3O4/c1-30-21-9-8-18-20(29)15-25(32-23(18)24(21)31-2)10-12-28(13-11-25)22-14-19(26-16-27-22)17-6-4-3-5-7-17/h3-9,14,16H,10-13,15H2,1-2H3. The quantitative estimate of drug-likeness (QED) is 0.614. The second-order valence-corrected chi connectivity index (χ2v) is 8.18. The molecule has 7 heteroatoms. The highest BCUT2D eigenvalue weighted by Gasteiger charge is 2.44. The molecule has 1 saturated heterocycles. The van der Waals surface area contributed by atoms with Crippen LogP contribution in [0.2, 0.25) is 0 Å². The summed E-state index contributed by atoms with van der Waals surface area (Å²) in [6, 6.07) is 15.6. The highest BCUT2D eigenvalue weighted by Crippen LogP contribution is 2.48. The van der Waals surface area contributed by atoms with Crippen LogP contribution in [0.25, 0.3) is 11.3 Å². The molecule has 3 aromatic rings. The fourth-order valence-electron chi connectivity index (χ4n) is 4.57. The Balaban J connectivity index is 1.37. The van der Waals surface area contributed by atoms with Crippen LogP contribution in [0.3, 0.4) is 0 Å². The summed E-state index contributed by atoms with van der Waals surface area (Å²) in [5.74, 6) is 2.49. The van der Waals surface area contributed by atoms with Gasteiger partial charge in [0, 0.05) is 37.6 Å². The number of carbonyl (C=O) groups excluding carboxylic acids is 1. The number of benzene rings is 2. The van der Waals surface area contributed by atoms with E-state index in [1.807, 2.05) is 36.4 Å². The van der Waals surface area contributed by atoms with E-state index in [0.29, 0.717) is 42.1 Å². The number of hydrogen-bond donors (Lipinski definition) is 0. The minimum Gasteiger partial charge on any atom is -0.493 e. The molecule has 32 heavy (non-hydrogen) atoms. The summed E-state index contributed by atoms with van der Waals surface area (Å²) in [7, 11) is 3.14. The first-order chi connectivity index (χ1) is 15.6. The third kappa shape index (κ3) is 3.53.